The Morgan fingerprint density at radius 1 is 1.30 bits per heavy atom. The standard InChI is InChI=1S/C19H15Cl2N3O5S/c1-24-16(26)8-14(18(24)27)30-17-11(3-2-6-22-17)19(28)29-9-15(25)23-13-5-4-10(20)7-12(13)21/h2-7,14H,8-9H2,1H3,(H,23,25). The number of imide groups is 1. The number of halogens is 2. The summed E-state index contributed by atoms with van der Waals surface area (Å²) in [5, 5.41) is 2.75. The van der Waals surface area contributed by atoms with Crippen molar-refractivity contribution >= 4 is 64.3 Å². The van der Waals surface area contributed by atoms with Crippen LogP contribution in [0.3, 0.4) is 0 Å². The van der Waals surface area contributed by atoms with Gasteiger partial charge < -0.3 is 10.1 Å². The fraction of sp³-hybridized carbons (Fsp3) is 0.211. The average Bonchev–Trinajstić information content (AvgIpc) is 2.95. The molecular formula is C19H15Cl2N3O5S. The van der Waals surface area contributed by atoms with Gasteiger partial charge in [-0.3, -0.25) is 19.3 Å². The monoisotopic (exact) mass is 467 g/mol. The molecule has 2 heterocycles. The van der Waals surface area contributed by atoms with Gasteiger partial charge in [-0.05, 0) is 30.3 Å². The Morgan fingerprint density at radius 3 is 2.73 bits per heavy atom. The van der Waals surface area contributed by atoms with Crippen molar-refractivity contribution in [3.63, 3.8) is 0 Å². The van der Waals surface area contributed by atoms with Gasteiger partial charge >= 0.3 is 5.97 Å². The van der Waals surface area contributed by atoms with Crippen LogP contribution < -0.4 is 5.32 Å². The van der Waals surface area contributed by atoms with E-state index in [9.17, 15) is 19.2 Å². The minimum absolute atomic E-state index is 0.0231. The molecule has 3 amide bonds. The Bertz CT molecular complexity index is 1030. The van der Waals surface area contributed by atoms with E-state index in [4.69, 9.17) is 27.9 Å². The molecule has 11 heteroatoms. The first kappa shape index (κ1) is 22.1. The number of aromatic nitrogens is 1. The molecule has 1 saturated heterocycles. The number of carbonyl (C=O) groups excluding carboxylic acids is 4. The first-order valence-electron chi connectivity index (χ1n) is 8.60. The van der Waals surface area contributed by atoms with Crippen molar-refractivity contribution in [2.75, 3.05) is 19.0 Å². The quantitative estimate of drug-likeness (QED) is 0.513. The van der Waals surface area contributed by atoms with Crippen LogP contribution in [0.2, 0.25) is 10.0 Å². The molecule has 1 atom stereocenters. The molecule has 2 aromatic rings. The third-order valence-corrected chi connectivity index (χ3v) is 5.87. The van der Waals surface area contributed by atoms with E-state index in [0.29, 0.717) is 10.7 Å². The molecule has 1 aromatic heterocycles. The maximum atomic E-state index is 12.5. The number of likely N-dealkylation sites (tertiary alicyclic amines) is 1. The summed E-state index contributed by atoms with van der Waals surface area (Å²) in [6, 6.07) is 7.55. The fourth-order valence-electron chi connectivity index (χ4n) is 2.57. The normalized spacial score (nSPS) is 16.0. The SMILES string of the molecule is CN1C(=O)CC(Sc2ncccc2C(=O)OCC(=O)Nc2ccc(Cl)cc2Cl)C1=O. The van der Waals surface area contributed by atoms with Crippen molar-refractivity contribution in [2.45, 2.75) is 16.7 Å². The van der Waals surface area contributed by atoms with Crippen LogP contribution in [0.4, 0.5) is 5.69 Å². The van der Waals surface area contributed by atoms with Crippen LogP contribution in [0.1, 0.15) is 16.8 Å². The molecule has 0 aliphatic carbocycles. The molecule has 1 aliphatic heterocycles. The number of ether oxygens (including phenoxy) is 1. The van der Waals surface area contributed by atoms with Crippen molar-refractivity contribution in [3.05, 3.63) is 52.1 Å². The average molecular weight is 468 g/mol. The second-order valence-corrected chi connectivity index (χ2v) is 8.24. The van der Waals surface area contributed by atoms with Crippen molar-refractivity contribution in [3.8, 4) is 0 Å². The van der Waals surface area contributed by atoms with Gasteiger partial charge in [0.15, 0.2) is 6.61 Å². The largest absolute Gasteiger partial charge is 0.452 e. The molecule has 1 N–H and O–H groups in total. The second-order valence-electron chi connectivity index (χ2n) is 6.21. The van der Waals surface area contributed by atoms with Crippen LogP contribution in [0.25, 0.3) is 0 Å². The second kappa shape index (κ2) is 9.46. The van der Waals surface area contributed by atoms with Gasteiger partial charge in [-0.2, -0.15) is 0 Å². The van der Waals surface area contributed by atoms with Gasteiger partial charge in [-0.1, -0.05) is 35.0 Å². The highest BCUT2D eigenvalue weighted by molar-refractivity contribution is 8.00. The first-order chi connectivity index (χ1) is 14.3. The van der Waals surface area contributed by atoms with Crippen LogP contribution in [0.15, 0.2) is 41.6 Å². The van der Waals surface area contributed by atoms with Gasteiger partial charge in [0, 0.05) is 24.7 Å². The number of pyridine rings is 1. The minimum Gasteiger partial charge on any atom is -0.452 e. The number of nitrogens with zero attached hydrogens (tertiary/aromatic N) is 2. The summed E-state index contributed by atoms with van der Waals surface area (Å²) < 4.78 is 5.06. The summed E-state index contributed by atoms with van der Waals surface area (Å²) in [6.07, 6.45) is 1.48. The van der Waals surface area contributed by atoms with Gasteiger partial charge in [0.25, 0.3) is 5.91 Å². The molecule has 30 heavy (non-hydrogen) atoms. The molecule has 1 aliphatic rings. The number of hydrogen-bond donors (Lipinski definition) is 1. The van der Waals surface area contributed by atoms with Crippen molar-refractivity contribution in [1.82, 2.24) is 9.88 Å². The predicted octanol–water partition coefficient (Wildman–Crippen LogP) is 3.03. The smallest absolute Gasteiger partial charge is 0.341 e. The maximum Gasteiger partial charge on any atom is 0.341 e. The van der Waals surface area contributed by atoms with E-state index in [0.717, 1.165) is 16.7 Å². The van der Waals surface area contributed by atoms with Gasteiger partial charge in [0.1, 0.15) is 5.03 Å². The topological polar surface area (TPSA) is 106 Å². The lowest BCUT2D eigenvalue weighted by atomic mass is 10.3. The molecule has 0 saturated carbocycles. The number of amides is 3. The van der Waals surface area contributed by atoms with E-state index in [-0.39, 0.29) is 33.8 Å². The number of anilines is 1. The van der Waals surface area contributed by atoms with Gasteiger partial charge in [-0.15, -0.1) is 0 Å². The molecule has 3 rings (SSSR count). The van der Waals surface area contributed by atoms with Gasteiger partial charge in [0.05, 0.1) is 21.5 Å². The summed E-state index contributed by atoms with van der Waals surface area (Å²) in [7, 11) is 1.41. The van der Waals surface area contributed by atoms with Crippen molar-refractivity contribution in [2.24, 2.45) is 0 Å². The third kappa shape index (κ3) is 5.10. The number of benzene rings is 1. The number of nitrogens with one attached hydrogen (secondary N) is 1. The lowest BCUT2D eigenvalue weighted by Gasteiger charge is -2.12. The van der Waals surface area contributed by atoms with E-state index >= 15 is 0 Å². The maximum absolute atomic E-state index is 12.5. The minimum atomic E-state index is -0.784. The summed E-state index contributed by atoms with van der Waals surface area (Å²) in [6.45, 7) is -0.555. The van der Waals surface area contributed by atoms with Crippen LogP contribution in [-0.4, -0.2) is 52.5 Å². The zero-order chi connectivity index (χ0) is 21.8. The Kier molecular flexibility index (Phi) is 6.96. The molecule has 156 valence electrons. The molecule has 1 aromatic carbocycles. The van der Waals surface area contributed by atoms with Crippen molar-refractivity contribution in [1.29, 1.82) is 0 Å². The number of carbonyl (C=O) groups is 4. The Hall–Kier alpha value is -2.62. The zero-order valence-electron chi connectivity index (χ0n) is 15.6. The number of hydrogen-bond acceptors (Lipinski definition) is 7. The molecule has 0 radical (unpaired) electrons. The first-order valence-corrected chi connectivity index (χ1v) is 10.2. The molecule has 1 unspecified atom stereocenters. The van der Waals surface area contributed by atoms with Crippen molar-refractivity contribution < 1.29 is 23.9 Å². The van der Waals surface area contributed by atoms with Crippen LogP contribution in [0.5, 0.6) is 0 Å². The highest BCUT2D eigenvalue weighted by Gasteiger charge is 2.37. The van der Waals surface area contributed by atoms with Gasteiger partial charge in [-0.25, -0.2) is 9.78 Å². The third-order valence-electron chi connectivity index (χ3n) is 4.12. The van der Waals surface area contributed by atoms with E-state index < -0.39 is 23.7 Å². The van der Waals surface area contributed by atoms with Crippen LogP contribution in [0, 0.1) is 0 Å². The lowest BCUT2D eigenvalue weighted by Crippen LogP contribution is -2.26. The number of thioether (sulfide) groups is 1. The van der Waals surface area contributed by atoms with E-state index in [1.165, 1.54) is 37.5 Å². The van der Waals surface area contributed by atoms with E-state index in [2.05, 4.69) is 10.3 Å². The number of esters is 1. The Balaban J connectivity index is 1.62. The van der Waals surface area contributed by atoms with Gasteiger partial charge in [0.2, 0.25) is 11.8 Å². The molecule has 0 spiro atoms. The zero-order valence-corrected chi connectivity index (χ0v) is 17.9. The Labute approximate surface area is 185 Å². The summed E-state index contributed by atoms with van der Waals surface area (Å²) in [4.78, 5) is 53.5. The van der Waals surface area contributed by atoms with E-state index in [1.54, 1.807) is 6.07 Å². The molecule has 0 bridgehead atoms. The number of rotatable bonds is 6. The molecule has 1 fully saturated rings. The van der Waals surface area contributed by atoms with Crippen LogP contribution in [-0.2, 0) is 19.1 Å². The summed E-state index contributed by atoms with van der Waals surface area (Å²) in [5.41, 5.74) is 0.419. The molecule has 8 nitrogen and oxygen atoms in total. The predicted molar refractivity (Wildman–Crippen MR) is 112 cm³/mol. The Morgan fingerprint density at radius 2 is 2.07 bits per heavy atom. The lowest BCUT2D eigenvalue weighted by molar-refractivity contribution is -0.136. The molecular weight excluding hydrogens is 453 g/mol. The fourth-order valence-corrected chi connectivity index (χ4v) is 4.18. The summed E-state index contributed by atoms with van der Waals surface area (Å²) >= 11 is 12.8. The highest BCUT2D eigenvalue weighted by atomic mass is 35.5. The summed E-state index contributed by atoms with van der Waals surface area (Å²) in [5.74, 6) is -2.03. The van der Waals surface area contributed by atoms with Crippen LogP contribution >= 0.6 is 35.0 Å². The highest BCUT2D eigenvalue weighted by Crippen LogP contribution is 2.32. The van der Waals surface area contributed by atoms with E-state index in [1.807, 2.05) is 0 Å².